The number of anilines is 1. The molecular weight excluding hydrogens is 433 g/mol. The van der Waals surface area contributed by atoms with Gasteiger partial charge in [-0.1, -0.05) is 18.2 Å². The third kappa shape index (κ3) is 5.46. The van der Waals surface area contributed by atoms with E-state index in [2.05, 4.69) is 20.4 Å². The van der Waals surface area contributed by atoms with Crippen molar-refractivity contribution in [2.24, 2.45) is 0 Å². The summed E-state index contributed by atoms with van der Waals surface area (Å²) in [4.78, 5) is 21.8. The van der Waals surface area contributed by atoms with Crippen molar-refractivity contribution in [3.05, 3.63) is 94.3 Å². The number of aromatic nitrogens is 4. The van der Waals surface area contributed by atoms with Gasteiger partial charge in [-0.25, -0.2) is 19.0 Å². The van der Waals surface area contributed by atoms with E-state index in [0.717, 1.165) is 33.9 Å². The molecule has 2 aromatic heterocycles. The Morgan fingerprint density at radius 2 is 1.74 bits per heavy atom. The minimum absolute atomic E-state index is 0.164. The molecule has 2 heterocycles. The molecule has 0 aliphatic carbocycles. The second-order valence-corrected chi connectivity index (χ2v) is 8.18. The van der Waals surface area contributed by atoms with E-state index in [1.54, 1.807) is 41.1 Å². The van der Waals surface area contributed by atoms with E-state index >= 15 is 0 Å². The second-order valence-electron chi connectivity index (χ2n) is 8.18. The second kappa shape index (κ2) is 9.82. The first kappa shape index (κ1) is 23.1. The number of hydrogen-bond donors (Lipinski definition) is 1. The van der Waals surface area contributed by atoms with Crippen LogP contribution in [0.5, 0.6) is 5.75 Å². The molecule has 34 heavy (non-hydrogen) atoms. The number of ether oxygens (including phenoxy) is 1. The van der Waals surface area contributed by atoms with E-state index in [-0.39, 0.29) is 24.8 Å². The highest BCUT2D eigenvalue weighted by molar-refractivity contribution is 5.92. The number of nitrogens with one attached hydrogen (secondary N) is 1. The fourth-order valence-electron chi connectivity index (χ4n) is 3.75. The highest BCUT2D eigenvalue weighted by Gasteiger charge is 2.18. The van der Waals surface area contributed by atoms with Crippen LogP contribution in [0.15, 0.2) is 54.6 Å². The van der Waals surface area contributed by atoms with Crippen LogP contribution in [0, 0.1) is 33.5 Å². The summed E-state index contributed by atoms with van der Waals surface area (Å²) in [7, 11) is 0. The molecule has 0 saturated carbocycles. The van der Waals surface area contributed by atoms with Gasteiger partial charge in [-0.05, 0) is 63.6 Å². The molecule has 0 radical (unpaired) electrons. The Kier molecular flexibility index (Phi) is 6.67. The normalized spacial score (nSPS) is 10.9. The summed E-state index contributed by atoms with van der Waals surface area (Å²) >= 11 is 0. The van der Waals surface area contributed by atoms with Crippen molar-refractivity contribution in [1.82, 2.24) is 19.7 Å². The minimum atomic E-state index is -0.305. The molecule has 4 aromatic rings. The number of aryl methyl sites for hydroxylation is 3. The molecule has 174 valence electrons. The number of benzene rings is 2. The predicted octanol–water partition coefficient (Wildman–Crippen LogP) is 4.80. The third-order valence-electron chi connectivity index (χ3n) is 5.35. The lowest BCUT2D eigenvalue weighted by atomic mass is 10.1. The van der Waals surface area contributed by atoms with Crippen molar-refractivity contribution in [3.63, 3.8) is 0 Å². The summed E-state index contributed by atoms with van der Waals surface area (Å²) in [6.45, 7) is 7.83. The van der Waals surface area contributed by atoms with Gasteiger partial charge >= 0.3 is 0 Å². The maximum absolute atomic E-state index is 13.4. The standard InChI is InChI=1S/C26H26FN5O2/c1-16-11-17(2)29-26(28-16)32-19(4)24(18(3)31-32)14-25(33)30-22-9-6-10-23(13-22)34-15-20-7-5-8-21(27)12-20/h5-13H,14-15H2,1-4H3,(H,30,33). The minimum Gasteiger partial charge on any atom is -0.489 e. The van der Waals surface area contributed by atoms with E-state index < -0.39 is 0 Å². The largest absolute Gasteiger partial charge is 0.489 e. The Hall–Kier alpha value is -4.07. The molecule has 0 bridgehead atoms. The van der Waals surface area contributed by atoms with Gasteiger partial charge in [0.25, 0.3) is 5.95 Å². The molecule has 0 aliphatic heterocycles. The van der Waals surface area contributed by atoms with Gasteiger partial charge in [0, 0.05) is 34.4 Å². The monoisotopic (exact) mass is 459 g/mol. The Balaban J connectivity index is 1.44. The molecular formula is C26H26FN5O2. The van der Waals surface area contributed by atoms with Gasteiger partial charge in [0.2, 0.25) is 5.91 Å². The van der Waals surface area contributed by atoms with Gasteiger partial charge in [-0.15, -0.1) is 0 Å². The number of halogens is 1. The van der Waals surface area contributed by atoms with Crippen LogP contribution < -0.4 is 10.1 Å². The summed E-state index contributed by atoms with van der Waals surface area (Å²) in [6, 6.07) is 15.3. The average molecular weight is 460 g/mol. The summed E-state index contributed by atoms with van der Waals surface area (Å²) in [6.07, 6.45) is 0.164. The molecule has 0 fully saturated rings. The molecule has 1 N–H and O–H groups in total. The van der Waals surface area contributed by atoms with Crippen LogP contribution >= 0.6 is 0 Å². The molecule has 0 aliphatic rings. The number of amides is 1. The maximum Gasteiger partial charge on any atom is 0.251 e. The Morgan fingerprint density at radius 1 is 1.00 bits per heavy atom. The molecule has 0 unspecified atom stereocenters. The van der Waals surface area contributed by atoms with Gasteiger partial charge in [0.1, 0.15) is 18.2 Å². The zero-order valence-electron chi connectivity index (χ0n) is 19.6. The van der Waals surface area contributed by atoms with Crippen molar-refractivity contribution in [2.75, 3.05) is 5.32 Å². The van der Waals surface area contributed by atoms with Gasteiger partial charge in [-0.2, -0.15) is 5.10 Å². The Labute approximate surface area is 197 Å². The van der Waals surface area contributed by atoms with Crippen LogP contribution in [0.1, 0.15) is 33.9 Å². The highest BCUT2D eigenvalue weighted by atomic mass is 19.1. The van der Waals surface area contributed by atoms with E-state index in [0.29, 0.717) is 17.4 Å². The number of rotatable bonds is 7. The quantitative estimate of drug-likeness (QED) is 0.430. The Morgan fingerprint density at radius 3 is 2.47 bits per heavy atom. The van der Waals surface area contributed by atoms with Gasteiger partial charge < -0.3 is 10.1 Å². The predicted molar refractivity (Wildman–Crippen MR) is 128 cm³/mol. The van der Waals surface area contributed by atoms with E-state index in [9.17, 15) is 9.18 Å². The van der Waals surface area contributed by atoms with E-state index in [1.165, 1.54) is 12.1 Å². The lowest BCUT2D eigenvalue weighted by Crippen LogP contribution is -2.15. The molecule has 2 aromatic carbocycles. The number of carbonyl (C=O) groups excluding carboxylic acids is 1. The zero-order chi connectivity index (χ0) is 24.2. The van der Waals surface area contributed by atoms with Crippen LogP contribution in [0.2, 0.25) is 0 Å². The van der Waals surface area contributed by atoms with Crippen molar-refractivity contribution >= 4 is 11.6 Å². The molecule has 0 saturated heterocycles. The number of nitrogens with zero attached hydrogens (tertiary/aromatic N) is 4. The first-order chi connectivity index (χ1) is 16.3. The fraction of sp³-hybridized carbons (Fsp3) is 0.231. The van der Waals surface area contributed by atoms with Gasteiger partial charge in [-0.3, -0.25) is 4.79 Å². The van der Waals surface area contributed by atoms with Crippen LogP contribution in [-0.2, 0) is 17.8 Å². The van der Waals surface area contributed by atoms with Crippen molar-refractivity contribution < 1.29 is 13.9 Å². The smallest absolute Gasteiger partial charge is 0.251 e. The first-order valence-electron chi connectivity index (χ1n) is 10.9. The van der Waals surface area contributed by atoms with Gasteiger partial charge in [0.05, 0.1) is 12.1 Å². The molecule has 4 rings (SSSR count). The fourth-order valence-corrected chi connectivity index (χ4v) is 3.75. The van der Waals surface area contributed by atoms with E-state index in [4.69, 9.17) is 4.74 Å². The SMILES string of the molecule is Cc1cc(C)nc(-n2nc(C)c(CC(=O)Nc3cccc(OCc4cccc(F)c4)c3)c2C)n1. The van der Waals surface area contributed by atoms with Crippen LogP contribution in [0.3, 0.4) is 0 Å². The van der Waals surface area contributed by atoms with Crippen LogP contribution in [0.4, 0.5) is 10.1 Å². The van der Waals surface area contributed by atoms with Crippen molar-refractivity contribution in [1.29, 1.82) is 0 Å². The summed E-state index contributed by atoms with van der Waals surface area (Å²) in [5.41, 5.74) is 5.46. The maximum atomic E-state index is 13.4. The van der Waals surface area contributed by atoms with Gasteiger partial charge in [0.15, 0.2) is 0 Å². The summed E-state index contributed by atoms with van der Waals surface area (Å²) in [5, 5.41) is 7.47. The summed E-state index contributed by atoms with van der Waals surface area (Å²) in [5.74, 6) is 0.594. The van der Waals surface area contributed by atoms with E-state index in [1.807, 2.05) is 33.8 Å². The molecule has 1 amide bonds. The molecule has 7 nitrogen and oxygen atoms in total. The number of carbonyl (C=O) groups is 1. The third-order valence-corrected chi connectivity index (χ3v) is 5.35. The lowest BCUT2D eigenvalue weighted by Gasteiger charge is -2.10. The first-order valence-corrected chi connectivity index (χ1v) is 10.9. The molecule has 8 heteroatoms. The zero-order valence-corrected chi connectivity index (χ0v) is 19.6. The topological polar surface area (TPSA) is 81.9 Å². The molecule has 0 atom stereocenters. The molecule has 0 spiro atoms. The van der Waals surface area contributed by atoms with Crippen LogP contribution in [0.25, 0.3) is 5.95 Å². The number of hydrogen-bond acceptors (Lipinski definition) is 5. The lowest BCUT2D eigenvalue weighted by molar-refractivity contribution is -0.115. The Bertz CT molecular complexity index is 1330. The van der Waals surface area contributed by atoms with Crippen LogP contribution in [-0.4, -0.2) is 25.7 Å². The van der Waals surface area contributed by atoms with Crippen molar-refractivity contribution in [2.45, 2.75) is 40.7 Å². The average Bonchev–Trinajstić information content (AvgIpc) is 3.06. The summed E-state index contributed by atoms with van der Waals surface area (Å²) < 4.78 is 20.8. The van der Waals surface area contributed by atoms with Crippen molar-refractivity contribution in [3.8, 4) is 11.7 Å². The highest BCUT2D eigenvalue weighted by Crippen LogP contribution is 2.21.